The molecular formula is C63H37N5OS. The summed E-state index contributed by atoms with van der Waals surface area (Å²) in [6.07, 6.45) is 0. The number of hydrogen-bond donors (Lipinski definition) is 0. The van der Waals surface area contributed by atoms with E-state index < -0.39 is 0 Å². The van der Waals surface area contributed by atoms with E-state index in [9.17, 15) is 0 Å². The minimum Gasteiger partial charge on any atom is -0.456 e. The molecule has 5 heterocycles. The van der Waals surface area contributed by atoms with Crippen LogP contribution in [0.25, 0.3) is 142 Å². The third kappa shape index (κ3) is 6.02. The minimum absolute atomic E-state index is 0.648. The summed E-state index contributed by atoms with van der Waals surface area (Å²) >= 11 is 1.81. The van der Waals surface area contributed by atoms with E-state index in [-0.39, 0.29) is 0 Å². The summed E-state index contributed by atoms with van der Waals surface area (Å²) in [6.45, 7) is 0. The lowest BCUT2D eigenvalue weighted by Crippen LogP contribution is -2.00. The maximum Gasteiger partial charge on any atom is 0.164 e. The molecule has 6 nitrogen and oxygen atoms in total. The van der Waals surface area contributed by atoms with Gasteiger partial charge < -0.3 is 13.6 Å². The summed E-state index contributed by atoms with van der Waals surface area (Å²) in [5.41, 5.74) is 13.9. The molecule has 0 unspecified atom stereocenters. The Kier molecular flexibility index (Phi) is 8.43. The van der Waals surface area contributed by atoms with Crippen LogP contribution in [0.3, 0.4) is 0 Å². The predicted octanol–water partition coefficient (Wildman–Crippen LogP) is 17.0. The molecule has 15 aromatic rings. The van der Waals surface area contributed by atoms with Crippen molar-refractivity contribution in [3.63, 3.8) is 0 Å². The molecule has 7 heteroatoms. The van der Waals surface area contributed by atoms with Gasteiger partial charge >= 0.3 is 0 Å². The number of thiophene rings is 1. The molecule has 0 fully saturated rings. The van der Waals surface area contributed by atoms with Crippen LogP contribution in [0, 0.1) is 0 Å². The van der Waals surface area contributed by atoms with E-state index in [0.717, 1.165) is 55.5 Å². The number of hydrogen-bond acceptors (Lipinski definition) is 5. The largest absolute Gasteiger partial charge is 0.456 e. The van der Waals surface area contributed by atoms with E-state index in [4.69, 9.17) is 19.4 Å². The lowest BCUT2D eigenvalue weighted by atomic mass is 10.0. The van der Waals surface area contributed by atoms with Crippen LogP contribution >= 0.6 is 11.3 Å². The van der Waals surface area contributed by atoms with Crippen molar-refractivity contribution in [2.45, 2.75) is 0 Å². The molecule has 70 heavy (non-hydrogen) atoms. The van der Waals surface area contributed by atoms with Gasteiger partial charge in [0, 0.05) is 80.6 Å². The van der Waals surface area contributed by atoms with E-state index in [2.05, 4.69) is 161 Å². The highest BCUT2D eigenvalue weighted by Crippen LogP contribution is 2.42. The van der Waals surface area contributed by atoms with Crippen molar-refractivity contribution in [2.24, 2.45) is 0 Å². The third-order valence-electron chi connectivity index (χ3n) is 14.0. The van der Waals surface area contributed by atoms with Crippen LogP contribution in [0.15, 0.2) is 229 Å². The fourth-order valence-corrected chi connectivity index (χ4v) is 11.8. The summed E-state index contributed by atoms with van der Waals surface area (Å²) in [6, 6.07) is 80.0. The van der Waals surface area contributed by atoms with Crippen LogP contribution in [-0.2, 0) is 0 Å². The molecular weight excluding hydrogens is 875 g/mol. The maximum atomic E-state index is 6.21. The number of nitrogens with zero attached hydrogens (tertiary/aromatic N) is 5. The van der Waals surface area contributed by atoms with Gasteiger partial charge in [0.1, 0.15) is 11.2 Å². The molecule has 0 atom stereocenters. The van der Waals surface area contributed by atoms with Crippen molar-refractivity contribution in [1.82, 2.24) is 24.1 Å². The highest BCUT2D eigenvalue weighted by molar-refractivity contribution is 7.25. The van der Waals surface area contributed by atoms with Crippen LogP contribution in [0.1, 0.15) is 0 Å². The molecule has 10 aromatic carbocycles. The van der Waals surface area contributed by atoms with Gasteiger partial charge in [0.2, 0.25) is 0 Å². The van der Waals surface area contributed by atoms with Crippen molar-refractivity contribution < 1.29 is 4.42 Å². The van der Waals surface area contributed by atoms with Gasteiger partial charge in [-0.15, -0.1) is 11.3 Å². The second kappa shape index (κ2) is 15.2. The van der Waals surface area contributed by atoms with Crippen LogP contribution in [-0.4, -0.2) is 24.1 Å². The van der Waals surface area contributed by atoms with Gasteiger partial charge in [-0.25, -0.2) is 15.0 Å². The van der Waals surface area contributed by atoms with Gasteiger partial charge in [0.15, 0.2) is 17.5 Å². The number of benzene rings is 10. The van der Waals surface area contributed by atoms with Gasteiger partial charge in [-0.05, 0) is 108 Å². The molecule has 0 bridgehead atoms. The molecule has 0 spiro atoms. The SMILES string of the molecule is c1ccc(-c2nc(-c3ccccc3)nc(-c3ccc4sc5ccc(-n6c7ccccc7c7cc(-c8ccc9c(c8)c8ccccc8n9-c8ccc9oc%10ccccc%10c9c8)ccc76)cc5c4c3)n2)cc1. The fourth-order valence-electron chi connectivity index (χ4n) is 10.7. The molecule has 5 aromatic heterocycles. The molecule has 0 saturated heterocycles. The summed E-state index contributed by atoms with van der Waals surface area (Å²) < 4.78 is 13.5. The van der Waals surface area contributed by atoms with Crippen molar-refractivity contribution in [3.8, 4) is 56.7 Å². The summed E-state index contributed by atoms with van der Waals surface area (Å²) in [7, 11) is 0. The number of furan rings is 1. The van der Waals surface area contributed by atoms with E-state index in [0.29, 0.717) is 17.5 Å². The topological polar surface area (TPSA) is 61.7 Å². The molecule has 15 rings (SSSR count). The first-order valence-electron chi connectivity index (χ1n) is 23.5. The predicted molar refractivity (Wildman–Crippen MR) is 290 cm³/mol. The molecule has 0 aliphatic rings. The second-order valence-electron chi connectivity index (χ2n) is 18.0. The standard InChI is InChI=1S/C63H37N5OS/c1-3-13-38(14-4-1)61-64-62(39-15-5-2-6-16-39)66-63(65-61)42-25-31-59-51(35-42)52-37-44(27-32-60(52)70-59)68-54-21-11-8-18-46(54)49-34-41(24-29-56(49)68)40-23-28-55-48(33-40)45-17-7-10-20-53(45)67(55)43-26-30-58-50(36-43)47-19-9-12-22-57(47)69-58/h1-37H. The van der Waals surface area contributed by atoms with Gasteiger partial charge in [0.05, 0.1) is 22.1 Å². The normalized spacial score (nSPS) is 12.0. The van der Waals surface area contributed by atoms with E-state index >= 15 is 0 Å². The molecule has 0 aliphatic heterocycles. The monoisotopic (exact) mass is 911 g/mol. The highest BCUT2D eigenvalue weighted by atomic mass is 32.1. The zero-order valence-electron chi connectivity index (χ0n) is 37.4. The summed E-state index contributed by atoms with van der Waals surface area (Å²) in [5, 5.41) is 9.50. The van der Waals surface area contributed by atoms with Crippen molar-refractivity contribution >= 4 is 97.1 Å². The Morgan fingerprint density at radius 1 is 0.286 bits per heavy atom. The Balaban J connectivity index is 0.844. The summed E-state index contributed by atoms with van der Waals surface area (Å²) in [4.78, 5) is 15.0. The van der Waals surface area contributed by atoms with Crippen LogP contribution in [0.4, 0.5) is 0 Å². The Bertz CT molecular complexity index is 4540. The Morgan fingerprint density at radius 2 is 0.714 bits per heavy atom. The second-order valence-corrected chi connectivity index (χ2v) is 19.1. The number of rotatable bonds is 6. The van der Waals surface area contributed by atoms with E-state index in [1.54, 1.807) is 0 Å². The van der Waals surface area contributed by atoms with E-state index in [1.807, 2.05) is 84.1 Å². The lowest BCUT2D eigenvalue weighted by molar-refractivity contribution is 0.669. The van der Waals surface area contributed by atoms with Gasteiger partial charge in [-0.3, -0.25) is 0 Å². The van der Waals surface area contributed by atoms with Gasteiger partial charge in [-0.1, -0.05) is 127 Å². The van der Waals surface area contributed by atoms with Gasteiger partial charge in [0.25, 0.3) is 0 Å². The molecule has 0 amide bonds. The lowest BCUT2D eigenvalue weighted by Gasteiger charge is -2.10. The average Bonchev–Trinajstić information content (AvgIpc) is 4.18. The van der Waals surface area contributed by atoms with Crippen molar-refractivity contribution in [1.29, 1.82) is 0 Å². The molecule has 0 aliphatic carbocycles. The Labute approximate surface area is 404 Å². The Morgan fingerprint density at radius 3 is 1.33 bits per heavy atom. The third-order valence-corrected chi connectivity index (χ3v) is 15.1. The number of fused-ring (bicyclic) bond motifs is 12. The first-order valence-corrected chi connectivity index (χ1v) is 24.3. The van der Waals surface area contributed by atoms with Crippen molar-refractivity contribution in [2.75, 3.05) is 0 Å². The van der Waals surface area contributed by atoms with Crippen LogP contribution < -0.4 is 0 Å². The van der Waals surface area contributed by atoms with Crippen molar-refractivity contribution in [3.05, 3.63) is 224 Å². The fraction of sp³-hybridized carbons (Fsp3) is 0. The maximum absolute atomic E-state index is 6.21. The quantitative estimate of drug-likeness (QED) is 0.167. The van der Waals surface area contributed by atoms with Crippen LogP contribution in [0.5, 0.6) is 0 Å². The van der Waals surface area contributed by atoms with Crippen LogP contribution in [0.2, 0.25) is 0 Å². The molecule has 0 N–H and O–H groups in total. The van der Waals surface area contributed by atoms with Gasteiger partial charge in [-0.2, -0.15) is 0 Å². The smallest absolute Gasteiger partial charge is 0.164 e. The highest BCUT2D eigenvalue weighted by Gasteiger charge is 2.19. The zero-order valence-corrected chi connectivity index (χ0v) is 38.2. The molecule has 0 saturated carbocycles. The minimum atomic E-state index is 0.648. The number of para-hydroxylation sites is 3. The first-order chi connectivity index (χ1) is 34.7. The summed E-state index contributed by atoms with van der Waals surface area (Å²) in [5.74, 6) is 1.95. The Hall–Kier alpha value is -9.17. The molecule has 0 radical (unpaired) electrons. The first kappa shape index (κ1) is 38.9. The van der Waals surface area contributed by atoms with E-state index in [1.165, 1.54) is 69.4 Å². The number of aromatic nitrogens is 5. The molecule has 326 valence electrons. The average molecular weight is 912 g/mol. The zero-order chi connectivity index (χ0) is 45.9.